The molecule has 1 fully saturated rings. The van der Waals surface area contributed by atoms with Crippen LogP contribution >= 0.6 is 11.3 Å². The monoisotopic (exact) mass is 248 g/mol. The highest BCUT2D eigenvalue weighted by molar-refractivity contribution is 7.10. The van der Waals surface area contributed by atoms with Crippen molar-refractivity contribution in [3.05, 3.63) is 40.5 Å². The number of aromatic nitrogens is 1. The second-order valence-corrected chi connectivity index (χ2v) is 5.42. The number of benzene rings is 1. The summed E-state index contributed by atoms with van der Waals surface area (Å²) in [4.78, 5) is 4.54. The minimum absolute atomic E-state index is 0.226. The van der Waals surface area contributed by atoms with Crippen LogP contribution in [0.3, 0.4) is 0 Å². The third-order valence-electron chi connectivity index (χ3n) is 3.30. The van der Waals surface area contributed by atoms with E-state index in [0.29, 0.717) is 0 Å². The lowest BCUT2D eigenvalue weighted by molar-refractivity contribution is 0.253. The fourth-order valence-electron chi connectivity index (χ4n) is 2.05. The molecule has 2 aromatic rings. The lowest BCUT2D eigenvalue weighted by Gasteiger charge is -2.35. The van der Waals surface area contributed by atoms with Gasteiger partial charge in [-0.15, -0.1) is 11.3 Å². The number of nitrogens with zero attached hydrogens (tertiary/aromatic N) is 1. The van der Waals surface area contributed by atoms with Crippen LogP contribution in [0.2, 0.25) is 0 Å². The molecule has 0 unspecified atom stereocenters. The first-order valence-electron chi connectivity index (χ1n) is 5.68. The van der Waals surface area contributed by atoms with E-state index < -0.39 is 0 Å². The van der Waals surface area contributed by atoms with Crippen LogP contribution in [-0.4, -0.2) is 4.98 Å². The Bertz CT molecular complexity index is 546. The quantitative estimate of drug-likeness (QED) is 0.885. The largest absolute Gasteiger partial charge is 0.319 e. The van der Waals surface area contributed by atoms with Crippen LogP contribution in [0, 0.1) is 5.82 Å². The second-order valence-electron chi connectivity index (χ2n) is 4.56. The van der Waals surface area contributed by atoms with Crippen LogP contribution in [0.1, 0.15) is 24.3 Å². The summed E-state index contributed by atoms with van der Waals surface area (Å²) in [6.45, 7) is 0. The Morgan fingerprint density at radius 1 is 1.35 bits per heavy atom. The van der Waals surface area contributed by atoms with Crippen LogP contribution in [0.4, 0.5) is 4.39 Å². The summed E-state index contributed by atoms with van der Waals surface area (Å²) in [5.41, 5.74) is 7.63. The maximum Gasteiger partial charge on any atom is 0.123 e. The van der Waals surface area contributed by atoms with Gasteiger partial charge in [-0.25, -0.2) is 9.37 Å². The number of thiazole rings is 1. The summed E-state index contributed by atoms with van der Waals surface area (Å²) < 4.78 is 13.1. The van der Waals surface area contributed by atoms with E-state index in [1.807, 2.05) is 11.4 Å². The van der Waals surface area contributed by atoms with Gasteiger partial charge in [0.1, 0.15) is 10.8 Å². The van der Waals surface area contributed by atoms with Crippen LogP contribution in [-0.2, 0) is 5.54 Å². The van der Waals surface area contributed by atoms with Gasteiger partial charge >= 0.3 is 0 Å². The topological polar surface area (TPSA) is 38.9 Å². The Labute approximate surface area is 103 Å². The molecule has 0 radical (unpaired) electrons. The Kier molecular flexibility index (Phi) is 2.49. The summed E-state index contributed by atoms with van der Waals surface area (Å²) >= 11 is 1.57. The first-order valence-corrected chi connectivity index (χ1v) is 6.56. The number of nitrogens with two attached hydrogens (primary N) is 1. The molecule has 4 heteroatoms. The van der Waals surface area contributed by atoms with Crippen molar-refractivity contribution in [3.63, 3.8) is 0 Å². The van der Waals surface area contributed by atoms with E-state index in [9.17, 15) is 4.39 Å². The van der Waals surface area contributed by atoms with Gasteiger partial charge in [-0.1, -0.05) is 12.1 Å². The van der Waals surface area contributed by atoms with Gasteiger partial charge in [0.25, 0.3) is 0 Å². The van der Waals surface area contributed by atoms with Crippen LogP contribution in [0.15, 0.2) is 29.6 Å². The molecule has 1 aromatic carbocycles. The summed E-state index contributed by atoms with van der Waals surface area (Å²) in [5.74, 6) is -0.233. The highest BCUT2D eigenvalue weighted by Gasteiger charge is 2.37. The molecule has 0 bridgehead atoms. The zero-order chi connectivity index (χ0) is 11.9. The average Bonchev–Trinajstić information content (AvgIpc) is 2.75. The second kappa shape index (κ2) is 3.89. The van der Waals surface area contributed by atoms with Gasteiger partial charge in [0.15, 0.2) is 0 Å². The maximum absolute atomic E-state index is 13.1. The SMILES string of the molecule is NC1(c2nc(-c3cccc(F)c3)cs2)CCC1. The number of halogens is 1. The molecule has 1 heterocycles. The van der Waals surface area contributed by atoms with Crippen LogP contribution in [0.25, 0.3) is 11.3 Å². The number of hydrogen-bond donors (Lipinski definition) is 1. The van der Waals surface area contributed by atoms with Gasteiger partial charge in [-0.3, -0.25) is 0 Å². The van der Waals surface area contributed by atoms with Crippen molar-refractivity contribution in [2.75, 3.05) is 0 Å². The molecule has 2 N–H and O–H groups in total. The summed E-state index contributed by atoms with van der Waals surface area (Å²) in [6.07, 6.45) is 3.18. The lowest BCUT2D eigenvalue weighted by atomic mass is 9.78. The van der Waals surface area contributed by atoms with Gasteiger partial charge in [0, 0.05) is 10.9 Å². The maximum atomic E-state index is 13.1. The molecule has 0 saturated heterocycles. The van der Waals surface area contributed by atoms with Gasteiger partial charge in [-0.05, 0) is 31.4 Å². The van der Waals surface area contributed by atoms with E-state index in [1.54, 1.807) is 17.4 Å². The smallest absolute Gasteiger partial charge is 0.123 e. The average molecular weight is 248 g/mol. The van der Waals surface area contributed by atoms with Gasteiger partial charge in [-0.2, -0.15) is 0 Å². The van der Waals surface area contributed by atoms with Crippen LogP contribution < -0.4 is 5.73 Å². The summed E-state index contributed by atoms with van der Waals surface area (Å²) in [6, 6.07) is 6.51. The zero-order valence-electron chi connectivity index (χ0n) is 9.32. The molecule has 88 valence electrons. The normalized spacial score (nSPS) is 17.8. The Balaban J connectivity index is 1.95. The third kappa shape index (κ3) is 1.87. The molecule has 0 amide bonds. The highest BCUT2D eigenvalue weighted by atomic mass is 32.1. The van der Waals surface area contributed by atoms with E-state index in [0.717, 1.165) is 29.1 Å². The summed E-state index contributed by atoms with van der Waals surface area (Å²) in [7, 11) is 0. The molecular weight excluding hydrogens is 235 g/mol. The Morgan fingerprint density at radius 2 is 2.18 bits per heavy atom. The lowest BCUT2D eigenvalue weighted by Crippen LogP contribution is -2.43. The minimum Gasteiger partial charge on any atom is -0.319 e. The van der Waals surface area contributed by atoms with Crippen molar-refractivity contribution in [1.29, 1.82) is 0 Å². The predicted molar refractivity (Wildman–Crippen MR) is 67.2 cm³/mol. The zero-order valence-corrected chi connectivity index (χ0v) is 10.1. The van der Waals surface area contributed by atoms with E-state index in [-0.39, 0.29) is 11.4 Å². The molecule has 1 saturated carbocycles. The van der Waals surface area contributed by atoms with Crippen molar-refractivity contribution in [3.8, 4) is 11.3 Å². The fourth-order valence-corrected chi connectivity index (χ4v) is 3.06. The highest BCUT2D eigenvalue weighted by Crippen LogP contribution is 2.41. The van der Waals surface area contributed by atoms with E-state index >= 15 is 0 Å². The molecule has 2 nitrogen and oxygen atoms in total. The standard InChI is InChI=1S/C13H13FN2S/c14-10-4-1-3-9(7-10)11-8-17-12(16-11)13(15)5-2-6-13/h1,3-4,7-8H,2,5-6,15H2. The first-order chi connectivity index (χ1) is 8.17. The van der Waals surface area contributed by atoms with Crippen molar-refractivity contribution >= 4 is 11.3 Å². The molecule has 17 heavy (non-hydrogen) atoms. The van der Waals surface area contributed by atoms with Gasteiger partial charge in [0.05, 0.1) is 11.2 Å². The Morgan fingerprint density at radius 3 is 2.82 bits per heavy atom. The molecule has 0 atom stereocenters. The molecular formula is C13H13FN2S. The van der Waals surface area contributed by atoms with Crippen molar-refractivity contribution < 1.29 is 4.39 Å². The van der Waals surface area contributed by atoms with E-state index in [1.165, 1.54) is 18.6 Å². The third-order valence-corrected chi connectivity index (χ3v) is 4.36. The number of hydrogen-bond acceptors (Lipinski definition) is 3. The number of rotatable bonds is 2. The molecule has 1 aromatic heterocycles. The van der Waals surface area contributed by atoms with Crippen LogP contribution in [0.5, 0.6) is 0 Å². The predicted octanol–water partition coefficient (Wildman–Crippen LogP) is 3.29. The molecule has 3 rings (SSSR count). The molecule has 1 aliphatic carbocycles. The fraction of sp³-hybridized carbons (Fsp3) is 0.308. The molecule has 1 aliphatic rings. The van der Waals surface area contributed by atoms with Crippen molar-refractivity contribution in [2.24, 2.45) is 5.73 Å². The molecule has 0 spiro atoms. The summed E-state index contributed by atoms with van der Waals surface area (Å²) in [5, 5.41) is 2.93. The first kappa shape index (κ1) is 10.9. The molecule has 0 aliphatic heterocycles. The Hall–Kier alpha value is -1.26. The van der Waals surface area contributed by atoms with Crippen molar-refractivity contribution in [2.45, 2.75) is 24.8 Å². The van der Waals surface area contributed by atoms with Gasteiger partial charge < -0.3 is 5.73 Å². The van der Waals surface area contributed by atoms with E-state index in [4.69, 9.17) is 5.73 Å². The van der Waals surface area contributed by atoms with Gasteiger partial charge in [0.2, 0.25) is 0 Å². The minimum atomic E-state index is -0.233. The van der Waals surface area contributed by atoms with E-state index in [2.05, 4.69) is 4.98 Å². The van der Waals surface area contributed by atoms with Crippen molar-refractivity contribution in [1.82, 2.24) is 4.98 Å².